The minimum absolute atomic E-state index is 0.0366. The molecule has 1 atom stereocenters. The van der Waals surface area contributed by atoms with E-state index in [-0.39, 0.29) is 17.9 Å². The Balaban J connectivity index is 1.77. The van der Waals surface area contributed by atoms with Gasteiger partial charge in [-0.1, -0.05) is 43.5 Å². The molecule has 7 heteroatoms. The standard InChI is InChI=1S/C28H27ClN2O4/c1-2-3-4-16-35-23-7-5-6-21(17-23)25-24(26(32)20-8-10-22(29)11-9-20)27(33)28(34)31(25)18-19-12-14-30-15-13-19/h5-15,17,25,32H,2-4,16,18H2,1H3/b26-24+. The molecule has 0 bridgehead atoms. The fourth-order valence-corrected chi connectivity index (χ4v) is 4.28. The molecular weight excluding hydrogens is 464 g/mol. The van der Waals surface area contributed by atoms with Crippen molar-refractivity contribution in [3.05, 3.63) is 100 Å². The summed E-state index contributed by atoms with van der Waals surface area (Å²) >= 11 is 6.00. The number of carbonyl (C=O) groups is 2. The largest absolute Gasteiger partial charge is 0.507 e. The lowest BCUT2D eigenvalue weighted by atomic mass is 9.95. The summed E-state index contributed by atoms with van der Waals surface area (Å²) in [6.07, 6.45) is 6.39. The number of Topliss-reactive ketones (excluding diaryl/α,β-unsaturated/α-hetero) is 1. The first kappa shape index (κ1) is 24.5. The molecule has 1 fully saturated rings. The summed E-state index contributed by atoms with van der Waals surface area (Å²) in [7, 11) is 0. The van der Waals surface area contributed by atoms with Gasteiger partial charge in [0, 0.05) is 29.5 Å². The summed E-state index contributed by atoms with van der Waals surface area (Å²) in [6, 6.07) is 16.7. The van der Waals surface area contributed by atoms with Gasteiger partial charge in [0.2, 0.25) is 0 Å². The predicted octanol–water partition coefficient (Wildman–Crippen LogP) is 5.93. The number of aliphatic hydroxyl groups is 1. The number of unbranched alkanes of at least 4 members (excludes halogenated alkanes) is 2. The van der Waals surface area contributed by atoms with Gasteiger partial charge in [0.1, 0.15) is 11.5 Å². The fourth-order valence-electron chi connectivity index (χ4n) is 4.15. The second-order valence-corrected chi connectivity index (χ2v) is 8.85. The van der Waals surface area contributed by atoms with Gasteiger partial charge in [-0.3, -0.25) is 14.6 Å². The van der Waals surface area contributed by atoms with Gasteiger partial charge in [0.05, 0.1) is 18.2 Å². The zero-order chi connectivity index (χ0) is 24.8. The highest BCUT2D eigenvalue weighted by Gasteiger charge is 2.46. The van der Waals surface area contributed by atoms with Crippen molar-refractivity contribution in [3.8, 4) is 5.75 Å². The lowest BCUT2D eigenvalue weighted by Gasteiger charge is -2.26. The molecule has 6 nitrogen and oxygen atoms in total. The Morgan fingerprint density at radius 1 is 1.06 bits per heavy atom. The van der Waals surface area contributed by atoms with E-state index in [1.54, 1.807) is 48.8 Å². The van der Waals surface area contributed by atoms with Crippen LogP contribution in [0.3, 0.4) is 0 Å². The van der Waals surface area contributed by atoms with Crippen LogP contribution in [0, 0.1) is 0 Å². The Labute approximate surface area is 209 Å². The van der Waals surface area contributed by atoms with E-state index in [1.807, 2.05) is 24.3 Å². The van der Waals surface area contributed by atoms with Crippen LogP contribution in [0.1, 0.15) is 48.9 Å². The Morgan fingerprint density at radius 3 is 2.51 bits per heavy atom. The van der Waals surface area contributed by atoms with Crippen molar-refractivity contribution in [2.75, 3.05) is 6.61 Å². The molecule has 2 aromatic carbocycles. The van der Waals surface area contributed by atoms with Gasteiger partial charge in [-0.25, -0.2) is 0 Å². The van der Waals surface area contributed by atoms with Crippen LogP contribution in [-0.4, -0.2) is 33.3 Å². The molecule has 0 radical (unpaired) electrons. The first-order valence-electron chi connectivity index (χ1n) is 11.7. The van der Waals surface area contributed by atoms with Gasteiger partial charge in [-0.2, -0.15) is 0 Å². The third-order valence-corrected chi connectivity index (χ3v) is 6.20. The number of pyridine rings is 1. The Hall–Kier alpha value is -3.64. The molecule has 1 aliphatic heterocycles. The van der Waals surface area contributed by atoms with Gasteiger partial charge >= 0.3 is 0 Å². The molecule has 2 heterocycles. The van der Waals surface area contributed by atoms with Gasteiger partial charge < -0.3 is 14.7 Å². The molecule has 1 amide bonds. The number of nitrogens with zero attached hydrogens (tertiary/aromatic N) is 2. The third kappa shape index (κ3) is 5.54. The second kappa shape index (κ2) is 11.2. The summed E-state index contributed by atoms with van der Waals surface area (Å²) < 4.78 is 5.92. The van der Waals surface area contributed by atoms with E-state index in [9.17, 15) is 14.7 Å². The summed E-state index contributed by atoms with van der Waals surface area (Å²) in [5.74, 6) is -0.988. The van der Waals surface area contributed by atoms with Crippen LogP contribution in [0.25, 0.3) is 5.76 Å². The lowest BCUT2D eigenvalue weighted by molar-refractivity contribution is -0.140. The van der Waals surface area contributed by atoms with Crippen molar-refractivity contribution in [1.82, 2.24) is 9.88 Å². The number of hydrogen-bond acceptors (Lipinski definition) is 5. The number of hydrogen-bond donors (Lipinski definition) is 1. The zero-order valence-electron chi connectivity index (χ0n) is 19.5. The Morgan fingerprint density at radius 2 is 1.80 bits per heavy atom. The van der Waals surface area contributed by atoms with Gasteiger partial charge in [-0.15, -0.1) is 0 Å². The number of aliphatic hydroxyl groups excluding tert-OH is 1. The maximum Gasteiger partial charge on any atom is 0.295 e. The number of carbonyl (C=O) groups excluding carboxylic acids is 2. The van der Waals surface area contributed by atoms with Gasteiger partial charge in [0.15, 0.2) is 0 Å². The normalized spacial score (nSPS) is 17.1. The summed E-state index contributed by atoms with van der Waals surface area (Å²) in [4.78, 5) is 31.9. The summed E-state index contributed by atoms with van der Waals surface area (Å²) in [5, 5.41) is 11.7. The van der Waals surface area contributed by atoms with E-state index in [1.165, 1.54) is 4.90 Å². The topological polar surface area (TPSA) is 79.7 Å². The quantitative estimate of drug-likeness (QED) is 0.174. The molecule has 0 spiro atoms. The van der Waals surface area contributed by atoms with Gasteiger partial charge in [0.25, 0.3) is 11.7 Å². The van der Waals surface area contributed by atoms with E-state index < -0.39 is 17.7 Å². The van der Waals surface area contributed by atoms with Crippen LogP contribution < -0.4 is 4.74 Å². The monoisotopic (exact) mass is 490 g/mol. The highest BCUT2D eigenvalue weighted by atomic mass is 35.5. The smallest absolute Gasteiger partial charge is 0.295 e. The van der Waals surface area contributed by atoms with Crippen molar-refractivity contribution >= 4 is 29.1 Å². The van der Waals surface area contributed by atoms with Crippen LogP contribution in [0.15, 0.2) is 78.6 Å². The number of benzene rings is 2. The number of rotatable bonds is 9. The average Bonchev–Trinajstić information content (AvgIpc) is 3.12. The molecular formula is C28H27ClN2O4. The first-order valence-corrected chi connectivity index (χ1v) is 12.0. The molecule has 1 N–H and O–H groups in total. The maximum absolute atomic E-state index is 13.2. The van der Waals surface area contributed by atoms with E-state index >= 15 is 0 Å². The summed E-state index contributed by atoms with van der Waals surface area (Å²) in [5.41, 5.74) is 1.95. The SMILES string of the molecule is CCCCCOc1cccc(C2/C(=C(\O)c3ccc(Cl)cc3)C(=O)C(=O)N2Cc2ccncc2)c1. The summed E-state index contributed by atoms with van der Waals surface area (Å²) in [6.45, 7) is 2.91. The van der Waals surface area contributed by atoms with Gasteiger partial charge in [-0.05, 0) is 66.1 Å². The van der Waals surface area contributed by atoms with Crippen molar-refractivity contribution in [2.45, 2.75) is 38.8 Å². The minimum Gasteiger partial charge on any atom is -0.507 e. The van der Waals surface area contributed by atoms with Crippen molar-refractivity contribution in [1.29, 1.82) is 0 Å². The van der Waals surface area contributed by atoms with Crippen molar-refractivity contribution in [2.24, 2.45) is 0 Å². The predicted molar refractivity (Wildman–Crippen MR) is 135 cm³/mol. The van der Waals surface area contributed by atoms with Crippen LogP contribution >= 0.6 is 11.6 Å². The number of ketones is 1. The average molecular weight is 491 g/mol. The number of halogens is 1. The molecule has 35 heavy (non-hydrogen) atoms. The molecule has 1 aliphatic rings. The van der Waals surface area contributed by atoms with Crippen molar-refractivity contribution in [3.63, 3.8) is 0 Å². The van der Waals surface area contributed by atoms with E-state index in [0.717, 1.165) is 24.8 Å². The highest BCUT2D eigenvalue weighted by molar-refractivity contribution is 6.46. The van der Waals surface area contributed by atoms with Crippen molar-refractivity contribution < 1.29 is 19.4 Å². The van der Waals surface area contributed by atoms with E-state index in [4.69, 9.17) is 16.3 Å². The molecule has 1 aromatic heterocycles. The number of ether oxygens (including phenoxy) is 1. The first-order chi connectivity index (χ1) is 17.0. The Kier molecular flexibility index (Phi) is 7.83. The lowest BCUT2D eigenvalue weighted by Crippen LogP contribution is -2.29. The third-order valence-electron chi connectivity index (χ3n) is 5.95. The molecule has 180 valence electrons. The van der Waals surface area contributed by atoms with Crippen LogP contribution in [0.2, 0.25) is 5.02 Å². The van der Waals surface area contributed by atoms with Crippen LogP contribution in [0.5, 0.6) is 5.75 Å². The highest BCUT2D eigenvalue weighted by Crippen LogP contribution is 2.41. The van der Waals surface area contributed by atoms with E-state index in [0.29, 0.717) is 28.5 Å². The maximum atomic E-state index is 13.2. The number of likely N-dealkylation sites (tertiary alicyclic amines) is 1. The molecule has 1 unspecified atom stereocenters. The molecule has 0 aliphatic carbocycles. The molecule has 1 saturated heterocycles. The minimum atomic E-state index is -0.780. The van der Waals surface area contributed by atoms with E-state index in [2.05, 4.69) is 11.9 Å². The number of aromatic nitrogens is 1. The van der Waals surface area contributed by atoms with Crippen LogP contribution in [-0.2, 0) is 16.1 Å². The zero-order valence-corrected chi connectivity index (χ0v) is 20.2. The van der Waals surface area contributed by atoms with Crippen LogP contribution in [0.4, 0.5) is 0 Å². The number of amides is 1. The molecule has 0 saturated carbocycles. The second-order valence-electron chi connectivity index (χ2n) is 8.42. The Bertz CT molecular complexity index is 1230. The fraction of sp³-hybridized carbons (Fsp3) is 0.250. The molecule has 3 aromatic rings. The molecule has 4 rings (SSSR count).